The van der Waals surface area contributed by atoms with E-state index >= 15 is 0 Å². The van der Waals surface area contributed by atoms with Crippen LogP contribution < -0.4 is 5.73 Å². The second kappa shape index (κ2) is 4.23. The first-order valence-corrected chi connectivity index (χ1v) is 5.22. The second-order valence-corrected chi connectivity index (χ2v) is 4.01. The molecule has 0 radical (unpaired) electrons. The van der Waals surface area contributed by atoms with Gasteiger partial charge in [0.2, 0.25) is 0 Å². The van der Waals surface area contributed by atoms with Gasteiger partial charge in [-0.15, -0.1) is 0 Å². The minimum absolute atomic E-state index is 0.270. The van der Waals surface area contributed by atoms with E-state index in [1.165, 1.54) is 16.9 Å². The van der Waals surface area contributed by atoms with Crippen molar-refractivity contribution in [3.8, 4) is 5.69 Å². The van der Waals surface area contributed by atoms with Crippen molar-refractivity contribution in [2.75, 3.05) is 0 Å². The predicted octanol–water partition coefficient (Wildman–Crippen LogP) is 2.68. The summed E-state index contributed by atoms with van der Waals surface area (Å²) in [7, 11) is 0. The van der Waals surface area contributed by atoms with Crippen molar-refractivity contribution < 1.29 is 4.39 Å². The minimum Gasteiger partial charge on any atom is -0.324 e. The van der Waals surface area contributed by atoms with Gasteiger partial charge in [0.1, 0.15) is 11.5 Å². The third kappa shape index (κ3) is 1.94. The number of aromatic nitrogens is 2. The Kier molecular flexibility index (Phi) is 2.94. The first kappa shape index (κ1) is 11.1. The number of benzene rings is 1. The lowest BCUT2D eigenvalue weighted by Crippen LogP contribution is -2.11. The summed E-state index contributed by atoms with van der Waals surface area (Å²) in [5.74, 6) is -0.366. The van der Waals surface area contributed by atoms with Crippen LogP contribution in [0.1, 0.15) is 18.5 Å². The van der Waals surface area contributed by atoms with Gasteiger partial charge in [-0.05, 0) is 18.6 Å². The maximum atomic E-state index is 13.7. The van der Waals surface area contributed by atoms with Crippen LogP contribution in [-0.2, 0) is 0 Å². The van der Waals surface area contributed by atoms with Crippen molar-refractivity contribution in [3.63, 3.8) is 0 Å². The van der Waals surface area contributed by atoms with Crippen LogP contribution in [0, 0.1) is 5.82 Å². The number of para-hydroxylation sites is 1. The van der Waals surface area contributed by atoms with Gasteiger partial charge in [0.15, 0.2) is 0 Å². The molecule has 1 heterocycles. The van der Waals surface area contributed by atoms with Crippen LogP contribution in [0.2, 0.25) is 5.02 Å². The summed E-state index contributed by atoms with van der Waals surface area (Å²) in [4.78, 5) is 0. The van der Waals surface area contributed by atoms with Crippen LogP contribution in [0.4, 0.5) is 4.39 Å². The molecule has 3 nitrogen and oxygen atoms in total. The summed E-state index contributed by atoms with van der Waals surface area (Å²) in [5.41, 5.74) is 6.83. The predicted molar refractivity (Wildman–Crippen MR) is 61.1 cm³/mol. The molecule has 1 aromatic carbocycles. The lowest BCUT2D eigenvalue weighted by atomic mass is 10.1. The Morgan fingerprint density at radius 3 is 2.81 bits per heavy atom. The zero-order valence-corrected chi connectivity index (χ0v) is 9.45. The first-order valence-electron chi connectivity index (χ1n) is 4.84. The molecule has 0 saturated carbocycles. The van der Waals surface area contributed by atoms with Gasteiger partial charge < -0.3 is 5.73 Å². The van der Waals surface area contributed by atoms with Crippen molar-refractivity contribution in [3.05, 3.63) is 47.0 Å². The van der Waals surface area contributed by atoms with Gasteiger partial charge in [-0.25, -0.2) is 9.07 Å². The zero-order valence-electron chi connectivity index (χ0n) is 8.69. The quantitative estimate of drug-likeness (QED) is 0.876. The summed E-state index contributed by atoms with van der Waals surface area (Å²) in [6.45, 7) is 1.80. The van der Waals surface area contributed by atoms with E-state index < -0.39 is 0 Å². The largest absolute Gasteiger partial charge is 0.324 e. The zero-order chi connectivity index (χ0) is 11.7. The molecule has 2 rings (SSSR count). The van der Waals surface area contributed by atoms with Crippen molar-refractivity contribution in [1.82, 2.24) is 9.78 Å². The highest BCUT2D eigenvalue weighted by molar-refractivity contribution is 6.30. The van der Waals surface area contributed by atoms with E-state index in [2.05, 4.69) is 5.10 Å². The van der Waals surface area contributed by atoms with Gasteiger partial charge in [-0.1, -0.05) is 23.7 Å². The number of hydrogen-bond acceptors (Lipinski definition) is 2. The smallest absolute Gasteiger partial charge is 0.149 e. The Labute approximate surface area is 97.6 Å². The van der Waals surface area contributed by atoms with E-state index in [0.29, 0.717) is 16.3 Å². The Morgan fingerprint density at radius 2 is 2.25 bits per heavy atom. The molecule has 16 heavy (non-hydrogen) atoms. The molecule has 5 heteroatoms. The fourth-order valence-electron chi connectivity index (χ4n) is 1.56. The highest BCUT2D eigenvalue weighted by Gasteiger charge is 2.14. The van der Waals surface area contributed by atoms with Gasteiger partial charge in [0, 0.05) is 12.2 Å². The van der Waals surface area contributed by atoms with Gasteiger partial charge in [0.05, 0.1) is 11.2 Å². The van der Waals surface area contributed by atoms with E-state index in [4.69, 9.17) is 17.3 Å². The average molecular weight is 240 g/mol. The van der Waals surface area contributed by atoms with Gasteiger partial charge in [0.25, 0.3) is 0 Å². The second-order valence-electron chi connectivity index (χ2n) is 3.57. The average Bonchev–Trinajstić information content (AvgIpc) is 2.64. The Hall–Kier alpha value is -1.39. The van der Waals surface area contributed by atoms with E-state index in [9.17, 15) is 4.39 Å². The third-order valence-electron chi connectivity index (χ3n) is 2.29. The maximum absolute atomic E-state index is 13.7. The SMILES string of the molecule is CC(N)c1cccc(F)c1-n1cc(Cl)cn1. The normalized spacial score (nSPS) is 12.8. The molecule has 1 atom stereocenters. The van der Waals surface area contributed by atoms with Crippen LogP contribution in [-0.4, -0.2) is 9.78 Å². The van der Waals surface area contributed by atoms with E-state index in [0.717, 1.165) is 0 Å². The van der Waals surface area contributed by atoms with Crippen molar-refractivity contribution in [2.24, 2.45) is 5.73 Å². The maximum Gasteiger partial charge on any atom is 0.149 e. The molecule has 0 aliphatic rings. The van der Waals surface area contributed by atoms with Crippen LogP contribution in [0.5, 0.6) is 0 Å². The first-order chi connectivity index (χ1) is 7.59. The van der Waals surface area contributed by atoms with Crippen LogP contribution >= 0.6 is 11.6 Å². The molecule has 0 aliphatic carbocycles. The molecule has 84 valence electrons. The highest BCUT2D eigenvalue weighted by atomic mass is 35.5. The van der Waals surface area contributed by atoms with Crippen molar-refractivity contribution in [1.29, 1.82) is 0 Å². The molecule has 1 aromatic heterocycles. The highest BCUT2D eigenvalue weighted by Crippen LogP contribution is 2.23. The number of nitrogens with two attached hydrogens (primary N) is 1. The minimum atomic E-state index is -0.366. The monoisotopic (exact) mass is 239 g/mol. The van der Waals surface area contributed by atoms with Crippen molar-refractivity contribution >= 4 is 11.6 Å². The lowest BCUT2D eigenvalue weighted by molar-refractivity contribution is 0.603. The number of nitrogens with zero attached hydrogens (tertiary/aromatic N) is 2. The number of halogens is 2. The molecule has 0 bridgehead atoms. The van der Waals surface area contributed by atoms with Gasteiger partial charge in [-0.3, -0.25) is 0 Å². The van der Waals surface area contributed by atoms with Crippen molar-refractivity contribution in [2.45, 2.75) is 13.0 Å². The molecule has 0 saturated heterocycles. The Bertz CT molecular complexity index is 508. The summed E-state index contributed by atoms with van der Waals surface area (Å²) in [6, 6.07) is 4.51. The molecule has 0 fully saturated rings. The summed E-state index contributed by atoms with van der Waals surface area (Å²) >= 11 is 5.76. The Morgan fingerprint density at radius 1 is 1.50 bits per heavy atom. The van der Waals surface area contributed by atoms with E-state index in [1.807, 2.05) is 0 Å². The molecule has 2 N–H and O–H groups in total. The standard InChI is InChI=1S/C11H11ClFN3/c1-7(14)9-3-2-4-10(13)11(9)16-6-8(12)5-15-16/h2-7H,14H2,1H3. The lowest BCUT2D eigenvalue weighted by Gasteiger charge is -2.13. The topological polar surface area (TPSA) is 43.8 Å². The molecule has 0 amide bonds. The molecule has 0 spiro atoms. The van der Waals surface area contributed by atoms with E-state index in [-0.39, 0.29) is 11.9 Å². The van der Waals surface area contributed by atoms with Crippen LogP contribution in [0.25, 0.3) is 5.69 Å². The van der Waals surface area contributed by atoms with Gasteiger partial charge >= 0.3 is 0 Å². The van der Waals surface area contributed by atoms with Crippen LogP contribution in [0.3, 0.4) is 0 Å². The molecule has 1 unspecified atom stereocenters. The summed E-state index contributed by atoms with van der Waals surface area (Å²) in [5, 5.41) is 4.44. The third-order valence-corrected chi connectivity index (χ3v) is 2.48. The van der Waals surface area contributed by atoms with E-state index in [1.54, 1.807) is 25.3 Å². The fourth-order valence-corrected chi connectivity index (χ4v) is 1.70. The fraction of sp³-hybridized carbons (Fsp3) is 0.182. The summed E-state index contributed by atoms with van der Waals surface area (Å²) in [6.07, 6.45) is 3.00. The molecule has 2 aromatic rings. The molecular formula is C11H11ClFN3. The van der Waals surface area contributed by atoms with Crippen LogP contribution in [0.15, 0.2) is 30.6 Å². The van der Waals surface area contributed by atoms with Gasteiger partial charge in [-0.2, -0.15) is 5.10 Å². The summed E-state index contributed by atoms with van der Waals surface area (Å²) < 4.78 is 15.1. The molecule has 0 aliphatic heterocycles. The number of rotatable bonds is 2. The number of hydrogen-bond donors (Lipinski definition) is 1. The Balaban J connectivity index is 2.62. The molecular weight excluding hydrogens is 229 g/mol.